The second kappa shape index (κ2) is 5.91. The molecule has 1 aromatic heterocycles. The Labute approximate surface area is 123 Å². The summed E-state index contributed by atoms with van der Waals surface area (Å²) in [6.07, 6.45) is 2.70. The molecule has 0 saturated carbocycles. The Balaban J connectivity index is 2.30. The Hall–Kier alpha value is -1.43. The standard InChI is InChI=1S/C14H15ClN2O2S/c1-10-5-3-4-6-12(10)11(2)17-20(18,19)14-9-16-8-7-13(14)15/h3-9,11,17H,1-2H3. The molecule has 0 aliphatic heterocycles. The Morgan fingerprint density at radius 3 is 2.60 bits per heavy atom. The fraction of sp³-hybridized carbons (Fsp3) is 0.214. The van der Waals surface area contributed by atoms with Crippen LogP contribution in [0.2, 0.25) is 5.02 Å². The van der Waals surface area contributed by atoms with Crippen molar-refractivity contribution in [2.45, 2.75) is 24.8 Å². The summed E-state index contributed by atoms with van der Waals surface area (Å²) in [6, 6.07) is 8.74. The van der Waals surface area contributed by atoms with E-state index in [9.17, 15) is 8.42 Å². The molecule has 106 valence electrons. The Bertz CT molecular complexity index is 717. The van der Waals surface area contributed by atoms with E-state index in [1.807, 2.05) is 31.2 Å². The zero-order valence-electron chi connectivity index (χ0n) is 11.2. The maximum absolute atomic E-state index is 12.3. The molecule has 0 aliphatic rings. The van der Waals surface area contributed by atoms with Gasteiger partial charge < -0.3 is 0 Å². The summed E-state index contributed by atoms with van der Waals surface area (Å²) in [7, 11) is -3.70. The lowest BCUT2D eigenvalue weighted by molar-refractivity contribution is 0.566. The van der Waals surface area contributed by atoms with Crippen molar-refractivity contribution in [1.29, 1.82) is 0 Å². The number of rotatable bonds is 4. The molecule has 4 nitrogen and oxygen atoms in total. The minimum Gasteiger partial charge on any atom is -0.263 e. The van der Waals surface area contributed by atoms with Gasteiger partial charge in [-0.25, -0.2) is 13.1 Å². The normalized spacial score (nSPS) is 13.2. The van der Waals surface area contributed by atoms with E-state index in [1.165, 1.54) is 18.5 Å². The van der Waals surface area contributed by atoms with Gasteiger partial charge in [-0.2, -0.15) is 0 Å². The number of aryl methyl sites for hydroxylation is 1. The fourth-order valence-electron chi connectivity index (χ4n) is 1.99. The van der Waals surface area contributed by atoms with Crippen LogP contribution in [0.5, 0.6) is 0 Å². The van der Waals surface area contributed by atoms with Gasteiger partial charge in [0.1, 0.15) is 4.90 Å². The molecule has 20 heavy (non-hydrogen) atoms. The predicted molar refractivity (Wildman–Crippen MR) is 79.2 cm³/mol. The molecular weight excluding hydrogens is 296 g/mol. The Kier molecular flexibility index (Phi) is 4.42. The lowest BCUT2D eigenvalue weighted by Crippen LogP contribution is -2.27. The number of nitrogens with zero attached hydrogens (tertiary/aromatic N) is 1. The van der Waals surface area contributed by atoms with Crippen LogP contribution in [-0.4, -0.2) is 13.4 Å². The molecule has 6 heteroatoms. The van der Waals surface area contributed by atoms with Gasteiger partial charge in [0, 0.05) is 18.4 Å². The average molecular weight is 311 g/mol. The minimum atomic E-state index is -3.70. The topological polar surface area (TPSA) is 59.1 Å². The van der Waals surface area contributed by atoms with Crippen LogP contribution in [0.1, 0.15) is 24.1 Å². The number of aromatic nitrogens is 1. The van der Waals surface area contributed by atoms with Crippen molar-refractivity contribution < 1.29 is 8.42 Å². The third-order valence-corrected chi connectivity index (χ3v) is 5.02. The van der Waals surface area contributed by atoms with Gasteiger partial charge in [0.25, 0.3) is 0 Å². The maximum Gasteiger partial charge on any atom is 0.244 e. The number of nitrogens with one attached hydrogen (secondary N) is 1. The van der Waals surface area contributed by atoms with Gasteiger partial charge in [0.2, 0.25) is 10.0 Å². The SMILES string of the molecule is Cc1ccccc1C(C)NS(=O)(=O)c1cnccc1Cl. The molecule has 0 bridgehead atoms. The molecule has 0 aliphatic carbocycles. The van der Waals surface area contributed by atoms with E-state index in [1.54, 1.807) is 6.92 Å². The van der Waals surface area contributed by atoms with Gasteiger partial charge in [-0.05, 0) is 31.0 Å². The van der Waals surface area contributed by atoms with E-state index in [0.29, 0.717) is 0 Å². The first-order valence-electron chi connectivity index (χ1n) is 6.09. The number of halogens is 1. The highest BCUT2D eigenvalue weighted by molar-refractivity contribution is 7.89. The van der Waals surface area contributed by atoms with Crippen LogP contribution in [0.25, 0.3) is 0 Å². The second-order valence-corrected chi connectivity index (χ2v) is 6.60. The molecule has 0 amide bonds. The van der Waals surface area contributed by atoms with E-state index in [-0.39, 0.29) is 16.0 Å². The van der Waals surface area contributed by atoms with Gasteiger partial charge in [-0.1, -0.05) is 35.9 Å². The third kappa shape index (κ3) is 3.17. The summed E-state index contributed by atoms with van der Waals surface area (Å²) < 4.78 is 27.2. The molecule has 1 heterocycles. The van der Waals surface area contributed by atoms with E-state index >= 15 is 0 Å². The van der Waals surface area contributed by atoms with Crippen molar-refractivity contribution in [3.8, 4) is 0 Å². The van der Waals surface area contributed by atoms with Crippen LogP contribution in [-0.2, 0) is 10.0 Å². The summed E-state index contributed by atoms with van der Waals surface area (Å²) in [5.74, 6) is 0. The quantitative estimate of drug-likeness (QED) is 0.944. The number of hydrogen-bond donors (Lipinski definition) is 1. The largest absolute Gasteiger partial charge is 0.263 e. The zero-order chi connectivity index (χ0) is 14.8. The summed E-state index contributed by atoms with van der Waals surface area (Å²) >= 11 is 5.91. The second-order valence-electron chi connectivity index (χ2n) is 4.51. The Morgan fingerprint density at radius 1 is 1.25 bits per heavy atom. The lowest BCUT2D eigenvalue weighted by atomic mass is 10.0. The van der Waals surface area contributed by atoms with E-state index in [0.717, 1.165) is 11.1 Å². The first-order valence-corrected chi connectivity index (χ1v) is 7.95. The van der Waals surface area contributed by atoms with Crippen molar-refractivity contribution in [1.82, 2.24) is 9.71 Å². The molecule has 1 atom stereocenters. The van der Waals surface area contributed by atoms with E-state index < -0.39 is 10.0 Å². The molecule has 1 aromatic carbocycles. The minimum absolute atomic E-state index is 0.0119. The molecule has 0 radical (unpaired) electrons. The van der Waals surface area contributed by atoms with E-state index in [4.69, 9.17) is 11.6 Å². The lowest BCUT2D eigenvalue weighted by Gasteiger charge is -2.17. The number of pyridine rings is 1. The number of hydrogen-bond acceptors (Lipinski definition) is 3. The highest BCUT2D eigenvalue weighted by Crippen LogP contribution is 2.23. The van der Waals surface area contributed by atoms with Crippen molar-refractivity contribution in [2.75, 3.05) is 0 Å². The summed E-state index contributed by atoms with van der Waals surface area (Å²) in [6.45, 7) is 3.74. The summed E-state index contributed by atoms with van der Waals surface area (Å²) in [5.41, 5.74) is 1.95. The van der Waals surface area contributed by atoms with Crippen LogP contribution in [0, 0.1) is 6.92 Å². The zero-order valence-corrected chi connectivity index (χ0v) is 12.7. The predicted octanol–water partition coefficient (Wildman–Crippen LogP) is 3.08. The van der Waals surface area contributed by atoms with Crippen molar-refractivity contribution >= 4 is 21.6 Å². The molecule has 0 fully saturated rings. The van der Waals surface area contributed by atoms with Gasteiger partial charge in [0.05, 0.1) is 5.02 Å². The van der Waals surface area contributed by atoms with Crippen LogP contribution in [0.15, 0.2) is 47.6 Å². The monoisotopic (exact) mass is 310 g/mol. The van der Waals surface area contributed by atoms with Gasteiger partial charge in [0.15, 0.2) is 0 Å². The van der Waals surface area contributed by atoms with Crippen molar-refractivity contribution in [2.24, 2.45) is 0 Å². The summed E-state index contributed by atoms with van der Waals surface area (Å²) in [4.78, 5) is 3.79. The molecule has 0 spiro atoms. The highest BCUT2D eigenvalue weighted by atomic mass is 35.5. The smallest absolute Gasteiger partial charge is 0.244 e. The van der Waals surface area contributed by atoms with Gasteiger partial charge >= 0.3 is 0 Å². The van der Waals surface area contributed by atoms with Crippen LogP contribution in [0.4, 0.5) is 0 Å². The first-order chi connectivity index (χ1) is 9.42. The van der Waals surface area contributed by atoms with Crippen molar-refractivity contribution in [3.63, 3.8) is 0 Å². The van der Waals surface area contributed by atoms with Crippen LogP contribution >= 0.6 is 11.6 Å². The van der Waals surface area contributed by atoms with E-state index in [2.05, 4.69) is 9.71 Å². The number of sulfonamides is 1. The van der Waals surface area contributed by atoms with Crippen molar-refractivity contribution in [3.05, 3.63) is 58.9 Å². The van der Waals surface area contributed by atoms with Gasteiger partial charge in [-0.15, -0.1) is 0 Å². The molecule has 1 unspecified atom stereocenters. The summed E-state index contributed by atoms with van der Waals surface area (Å²) in [5, 5.41) is 0.157. The van der Waals surface area contributed by atoms with Crippen LogP contribution < -0.4 is 4.72 Å². The molecular formula is C14H15ClN2O2S. The average Bonchev–Trinajstić information content (AvgIpc) is 2.38. The maximum atomic E-state index is 12.3. The molecule has 2 aromatic rings. The van der Waals surface area contributed by atoms with Crippen LogP contribution in [0.3, 0.4) is 0 Å². The number of benzene rings is 1. The molecule has 2 rings (SSSR count). The van der Waals surface area contributed by atoms with Gasteiger partial charge in [-0.3, -0.25) is 4.98 Å². The fourth-order valence-corrected chi connectivity index (χ4v) is 3.65. The first kappa shape index (κ1) is 15.0. The molecule has 1 N–H and O–H groups in total. The Morgan fingerprint density at radius 2 is 1.95 bits per heavy atom. The molecule has 0 saturated heterocycles. The highest BCUT2D eigenvalue weighted by Gasteiger charge is 2.21. The third-order valence-electron chi connectivity index (χ3n) is 3.01.